The second-order valence-corrected chi connectivity index (χ2v) is 5.61. The van der Waals surface area contributed by atoms with Crippen molar-refractivity contribution in [2.24, 2.45) is 0 Å². The highest BCUT2D eigenvalue weighted by Gasteiger charge is 2.17. The summed E-state index contributed by atoms with van der Waals surface area (Å²) in [5, 5.41) is 41.7. The van der Waals surface area contributed by atoms with Crippen LogP contribution in [0.1, 0.15) is 27.9 Å². The molecule has 2 aromatic rings. The van der Waals surface area contributed by atoms with Crippen molar-refractivity contribution in [1.82, 2.24) is 0 Å². The van der Waals surface area contributed by atoms with Crippen LogP contribution in [0, 0.1) is 17.0 Å². The summed E-state index contributed by atoms with van der Waals surface area (Å²) in [4.78, 5) is 33.2. The van der Waals surface area contributed by atoms with E-state index in [2.05, 4.69) is 5.32 Å². The van der Waals surface area contributed by atoms with Gasteiger partial charge in [0, 0.05) is 23.7 Å². The minimum atomic E-state index is -1.13. The van der Waals surface area contributed by atoms with E-state index in [1.54, 1.807) is 13.0 Å². The van der Waals surface area contributed by atoms with Crippen LogP contribution in [0.4, 0.5) is 11.4 Å². The van der Waals surface area contributed by atoms with Crippen LogP contribution < -0.4 is 5.32 Å². The Bertz CT molecular complexity index is 893. The van der Waals surface area contributed by atoms with Gasteiger partial charge >= 0.3 is 5.97 Å². The molecule has 26 heavy (non-hydrogen) atoms. The zero-order chi connectivity index (χ0) is 19.4. The van der Waals surface area contributed by atoms with Gasteiger partial charge < -0.3 is 20.6 Å². The SMILES string of the molecule is Cc1ccc(C(=O)O)cc1NC(=O)CCc1cc([N+](=O)[O-])cc(O)c1O. The number of carboxylic acids is 1. The van der Waals surface area contributed by atoms with Crippen molar-refractivity contribution < 1.29 is 29.8 Å². The Hall–Kier alpha value is -3.62. The largest absolute Gasteiger partial charge is 0.504 e. The van der Waals surface area contributed by atoms with Gasteiger partial charge in [-0.25, -0.2) is 4.79 Å². The highest BCUT2D eigenvalue weighted by atomic mass is 16.6. The van der Waals surface area contributed by atoms with Gasteiger partial charge in [0.15, 0.2) is 11.5 Å². The van der Waals surface area contributed by atoms with Gasteiger partial charge in [-0.2, -0.15) is 0 Å². The van der Waals surface area contributed by atoms with E-state index in [0.717, 1.165) is 12.1 Å². The summed E-state index contributed by atoms with van der Waals surface area (Å²) >= 11 is 0. The lowest BCUT2D eigenvalue weighted by Gasteiger charge is -2.10. The molecule has 4 N–H and O–H groups in total. The number of benzene rings is 2. The maximum atomic E-state index is 12.1. The van der Waals surface area contributed by atoms with E-state index in [1.165, 1.54) is 12.1 Å². The third-order valence-electron chi connectivity index (χ3n) is 3.74. The van der Waals surface area contributed by atoms with Crippen molar-refractivity contribution >= 4 is 23.3 Å². The number of aromatic hydroxyl groups is 2. The number of carbonyl (C=O) groups excluding carboxylic acids is 1. The molecule has 0 aliphatic heterocycles. The first-order valence-corrected chi connectivity index (χ1v) is 7.52. The first-order chi connectivity index (χ1) is 12.2. The lowest BCUT2D eigenvalue weighted by atomic mass is 10.1. The van der Waals surface area contributed by atoms with Gasteiger partial charge in [0.2, 0.25) is 5.91 Å². The number of hydrogen-bond donors (Lipinski definition) is 4. The molecular formula is C17H16N2O7. The minimum absolute atomic E-state index is 0.0205. The van der Waals surface area contributed by atoms with Crippen LogP contribution in [0.3, 0.4) is 0 Å². The van der Waals surface area contributed by atoms with Crippen LogP contribution in [0.25, 0.3) is 0 Å². The highest BCUT2D eigenvalue weighted by Crippen LogP contribution is 2.34. The number of hydrogen-bond acceptors (Lipinski definition) is 6. The normalized spacial score (nSPS) is 10.3. The number of carbonyl (C=O) groups is 2. The number of nitro groups is 1. The number of nitro benzene ring substituents is 1. The summed E-state index contributed by atoms with van der Waals surface area (Å²) in [5.41, 5.74) is 0.677. The van der Waals surface area contributed by atoms with Gasteiger partial charge in [-0.1, -0.05) is 6.07 Å². The zero-order valence-electron chi connectivity index (χ0n) is 13.7. The number of amides is 1. The van der Waals surface area contributed by atoms with Crippen LogP contribution in [-0.4, -0.2) is 32.1 Å². The van der Waals surface area contributed by atoms with Crippen molar-refractivity contribution in [2.45, 2.75) is 19.8 Å². The van der Waals surface area contributed by atoms with Crippen molar-refractivity contribution in [3.8, 4) is 11.5 Å². The summed E-state index contributed by atoms with van der Waals surface area (Å²) in [7, 11) is 0. The predicted octanol–water partition coefficient (Wildman–Crippen LogP) is 2.58. The average molecular weight is 360 g/mol. The van der Waals surface area contributed by atoms with Crippen LogP contribution in [0.5, 0.6) is 11.5 Å². The lowest BCUT2D eigenvalue weighted by Crippen LogP contribution is -2.14. The molecule has 0 aliphatic carbocycles. The van der Waals surface area contributed by atoms with Crippen LogP contribution in [0.15, 0.2) is 30.3 Å². The predicted molar refractivity (Wildman–Crippen MR) is 91.5 cm³/mol. The molecule has 0 aliphatic rings. The second-order valence-electron chi connectivity index (χ2n) is 5.61. The van der Waals surface area contributed by atoms with Crippen LogP contribution in [0.2, 0.25) is 0 Å². The number of phenols is 2. The first kappa shape index (κ1) is 18.7. The number of aryl methyl sites for hydroxylation is 2. The van der Waals surface area contributed by atoms with E-state index in [9.17, 15) is 29.9 Å². The second kappa shape index (κ2) is 7.51. The Morgan fingerprint density at radius 1 is 1.19 bits per heavy atom. The molecule has 9 nitrogen and oxygen atoms in total. The van der Waals surface area contributed by atoms with E-state index >= 15 is 0 Å². The Balaban J connectivity index is 2.12. The lowest BCUT2D eigenvalue weighted by molar-refractivity contribution is -0.385. The molecule has 0 bridgehead atoms. The summed E-state index contributed by atoms with van der Waals surface area (Å²) in [6, 6.07) is 6.20. The average Bonchev–Trinajstić information content (AvgIpc) is 2.57. The maximum Gasteiger partial charge on any atom is 0.335 e. The van der Waals surface area contributed by atoms with E-state index < -0.39 is 34.0 Å². The number of phenolic OH excluding ortho intramolecular Hbond substituents is 2. The molecule has 2 aromatic carbocycles. The number of aromatic carboxylic acids is 1. The number of anilines is 1. The molecule has 0 saturated heterocycles. The van der Waals surface area contributed by atoms with E-state index in [1.807, 2.05) is 0 Å². The monoisotopic (exact) mass is 360 g/mol. The van der Waals surface area contributed by atoms with Crippen molar-refractivity contribution in [3.63, 3.8) is 0 Å². The Labute approximate surface area is 147 Å². The van der Waals surface area contributed by atoms with Crippen LogP contribution >= 0.6 is 0 Å². The van der Waals surface area contributed by atoms with Crippen molar-refractivity contribution in [2.75, 3.05) is 5.32 Å². The smallest absolute Gasteiger partial charge is 0.335 e. The van der Waals surface area contributed by atoms with E-state index in [4.69, 9.17) is 5.11 Å². The van der Waals surface area contributed by atoms with Gasteiger partial charge in [-0.15, -0.1) is 0 Å². The van der Waals surface area contributed by atoms with E-state index in [-0.39, 0.29) is 24.0 Å². The number of non-ortho nitro benzene ring substituents is 1. The molecule has 0 unspecified atom stereocenters. The molecule has 1 amide bonds. The topological polar surface area (TPSA) is 150 Å². The number of nitrogens with zero attached hydrogens (tertiary/aromatic N) is 1. The van der Waals surface area contributed by atoms with Gasteiger partial charge in [-0.05, 0) is 31.0 Å². The van der Waals surface area contributed by atoms with Gasteiger partial charge in [0.25, 0.3) is 5.69 Å². The Kier molecular flexibility index (Phi) is 5.41. The number of nitrogens with one attached hydrogen (secondary N) is 1. The zero-order valence-corrected chi connectivity index (χ0v) is 13.7. The molecule has 0 aromatic heterocycles. The molecule has 0 atom stereocenters. The fourth-order valence-electron chi connectivity index (χ4n) is 2.31. The van der Waals surface area contributed by atoms with Crippen molar-refractivity contribution in [1.29, 1.82) is 0 Å². The fourth-order valence-corrected chi connectivity index (χ4v) is 2.31. The standard InChI is InChI=1S/C17H16N2O7/c1-9-2-3-11(17(23)24)7-13(9)18-15(21)5-4-10-6-12(19(25)26)8-14(20)16(10)22/h2-3,6-8,20,22H,4-5H2,1H3,(H,18,21)(H,23,24). The Morgan fingerprint density at radius 3 is 2.50 bits per heavy atom. The summed E-state index contributed by atoms with van der Waals surface area (Å²) < 4.78 is 0. The molecule has 136 valence electrons. The first-order valence-electron chi connectivity index (χ1n) is 7.52. The van der Waals surface area contributed by atoms with Crippen molar-refractivity contribution in [3.05, 3.63) is 57.1 Å². The number of carboxylic acid groups (broad SMARTS) is 1. The molecule has 0 fully saturated rings. The summed E-state index contributed by atoms with van der Waals surface area (Å²) in [5.74, 6) is -2.76. The quantitative estimate of drug-likeness (QED) is 0.351. The maximum absolute atomic E-state index is 12.1. The summed E-state index contributed by atoms with van der Waals surface area (Å²) in [6.07, 6.45) is -0.185. The van der Waals surface area contributed by atoms with Gasteiger partial charge in [0.1, 0.15) is 0 Å². The molecule has 0 spiro atoms. The molecule has 0 radical (unpaired) electrons. The van der Waals surface area contributed by atoms with Gasteiger partial charge in [0.05, 0.1) is 16.6 Å². The van der Waals surface area contributed by atoms with Gasteiger partial charge in [-0.3, -0.25) is 14.9 Å². The third kappa shape index (κ3) is 4.26. The fraction of sp³-hybridized carbons (Fsp3) is 0.176. The molecule has 0 saturated carbocycles. The third-order valence-corrected chi connectivity index (χ3v) is 3.74. The molecule has 9 heteroatoms. The Morgan fingerprint density at radius 2 is 1.88 bits per heavy atom. The van der Waals surface area contributed by atoms with Crippen LogP contribution in [-0.2, 0) is 11.2 Å². The number of rotatable bonds is 6. The molecule has 2 rings (SSSR count). The summed E-state index contributed by atoms with van der Waals surface area (Å²) in [6.45, 7) is 1.70. The highest BCUT2D eigenvalue weighted by molar-refractivity contribution is 5.94. The van der Waals surface area contributed by atoms with E-state index in [0.29, 0.717) is 11.3 Å². The molecule has 0 heterocycles. The minimum Gasteiger partial charge on any atom is -0.504 e. The molecular weight excluding hydrogens is 344 g/mol.